The van der Waals surface area contributed by atoms with Crippen LogP contribution in [0.15, 0.2) is 18.2 Å². The van der Waals surface area contributed by atoms with Crippen LogP contribution in [-0.2, 0) is 4.79 Å². The van der Waals surface area contributed by atoms with E-state index in [0.717, 1.165) is 11.3 Å². The third kappa shape index (κ3) is 4.12. The minimum absolute atomic E-state index is 0.162. The largest absolute Gasteiger partial charge is 0.493 e. The van der Waals surface area contributed by atoms with Crippen LogP contribution in [0.2, 0.25) is 10.0 Å². The molecule has 0 saturated heterocycles. The minimum atomic E-state index is -0.162. The second-order valence-corrected chi connectivity index (χ2v) is 5.36. The third-order valence-electron chi connectivity index (χ3n) is 3.00. The van der Waals surface area contributed by atoms with Gasteiger partial charge in [0.25, 0.3) is 0 Å². The summed E-state index contributed by atoms with van der Waals surface area (Å²) in [4.78, 5) is 11.8. The number of nitrogens with zero attached hydrogens (tertiary/aromatic N) is 1. The maximum atomic E-state index is 11.8. The van der Waals surface area contributed by atoms with Crippen LogP contribution in [0.4, 0.5) is 5.82 Å². The van der Waals surface area contributed by atoms with Crippen LogP contribution in [0.5, 0.6) is 5.75 Å². The van der Waals surface area contributed by atoms with Gasteiger partial charge in [-0.05, 0) is 26.0 Å². The number of carbonyl (C=O) groups excluding carboxylic acids is 1. The molecule has 0 saturated carbocycles. The Balaban J connectivity index is 1.81. The highest BCUT2D eigenvalue weighted by molar-refractivity contribution is 6.42. The Bertz CT molecular complexity index is 656. The van der Waals surface area contributed by atoms with Crippen LogP contribution in [0.1, 0.15) is 17.7 Å². The fourth-order valence-corrected chi connectivity index (χ4v) is 1.92. The number of rotatable bonds is 5. The standard InChI is InChI=1S/C14H15Cl2N3O2/c1-8-9(2)18-19-14(8)17-13(20)5-6-21-10-3-4-11(15)12(16)7-10/h3-4,7H,5-6H2,1-2H3,(H2,17,18,19,20). The molecule has 21 heavy (non-hydrogen) atoms. The van der Waals surface area contributed by atoms with Gasteiger partial charge in [-0.3, -0.25) is 9.89 Å². The van der Waals surface area contributed by atoms with E-state index >= 15 is 0 Å². The number of aromatic amines is 1. The average Bonchev–Trinajstić information content (AvgIpc) is 2.75. The first kappa shape index (κ1) is 15.7. The highest BCUT2D eigenvalue weighted by atomic mass is 35.5. The number of ether oxygens (including phenoxy) is 1. The summed E-state index contributed by atoms with van der Waals surface area (Å²) in [6.07, 6.45) is 0.214. The summed E-state index contributed by atoms with van der Waals surface area (Å²) >= 11 is 11.7. The van der Waals surface area contributed by atoms with Crippen molar-refractivity contribution in [3.8, 4) is 5.75 Å². The lowest BCUT2D eigenvalue weighted by Gasteiger charge is -2.07. The average molecular weight is 328 g/mol. The zero-order valence-corrected chi connectivity index (χ0v) is 13.2. The van der Waals surface area contributed by atoms with E-state index in [-0.39, 0.29) is 18.9 Å². The third-order valence-corrected chi connectivity index (χ3v) is 3.74. The maximum Gasteiger partial charge on any atom is 0.229 e. The number of aryl methyl sites for hydroxylation is 1. The van der Waals surface area contributed by atoms with Crippen LogP contribution in [0.25, 0.3) is 0 Å². The molecule has 0 spiro atoms. The van der Waals surface area contributed by atoms with E-state index in [0.29, 0.717) is 21.6 Å². The van der Waals surface area contributed by atoms with Gasteiger partial charge in [-0.1, -0.05) is 23.2 Å². The second-order valence-electron chi connectivity index (χ2n) is 4.54. The lowest BCUT2D eigenvalue weighted by atomic mass is 10.3. The number of H-pyrrole nitrogens is 1. The number of anilines is 1. The maximum absolute atomic E-state index is 11.8. The van der Waals surface area contributed by atoms with E-state index in [4.69, 9.17) is 27.9 Å². The predicted octanol–water partition coefficient (Wildman–Crippen LogP) is 3.74. The Labute approximate surface area is 132 Å². The van der Waals surface area contributed by atoms with Gasteiger partial charge in [0.1, 0.15) is 5.75 Å². The summed E-state index contributed by atoms with van der Waals surface area (Å²) in [5, 5.41) is 10.4. The van der Waals surface area contributed by atoms with Crippen molar-refractivity contribution in [2.45, 2.75) is 20.3 Å². The highest BCUT2D eigenvalue weighted by Crippen LogP contribution is 2.26. The summed E-state index contributed by atoms with van der Waals surface area (Å²) in [5.74, 6) is 0.959. The Kier molecular flexibility index (Phi) is 5.09. The Morgan fingerprint density at radius 1 is 1.33 bits per heavy atom. The lowest BCUT2D eigenvalue weighted by Crippen LogP contribution is -2.16. The van der Waals surface area contributed by atoms with Crippen molar-refractivity contribution < 1.29 is 9.53 Å². The molecule has 2 aromatic rings. The fraction of sp³-hybridized carbons (Fsp3) is 0.286. The number of aromatic nitrogens is 2. The van der Waals surface area contributed by atoms with E-state index in [2.05, 4.69) is 15.5 Å². The molecule has 7 heteroatoms. The van der Waals surface area contributed by atoms with E-state index in [1.165, 1.54) is 0 Å². The molecular weight excluding hydrogens is 313 g/mol. The first-order valence-electron chi connectivity index (χ1n) is 6.36. The number of nitrogens with one attached hydrogen (secondary N) is 2. The van der Waals surface area contributed by atoms with E-state index < -0.39 is 0 Å². The molecule has 0 aliphatic carbocycles. The number of halogens is 2. The minimum Gasteiger partial charge on any atom is -0.493 e. The van der Waals surface area contributed by atoms with Crippen LogP contribution in [0, 0.1) is 13.8 Å². The van der Waals surface area contributed by atoms with Crippen molar-refractivity contribution in [3.63, 3.8) is 0 Å². The Morgan fingerprint density at radius 2 is 2.10 bits per heavy atom. The molecule has 1 aromatic heterocycles. The van der Waals surface area contributed by atoms with E-state index in [9.17, 15) is 4.79 Å². The van der Waals surface area contributed by atoms with Crippen molar-refractivity contribution in [1.29, 1.82) is 0 Å². The van der Waals surface area contributed by atoms with Gasteiger partial charge in [-0.25, -0.2) is 0 Å². The number of benzene rings is 1. The first-order valence-corrected chi connectivity index (χ1v) is 7.12. The molecule has 0 bridgehead atoms. The van der Waals surface area contributed by atoms with Crippen molar-refractivity contribution >= 4 is 34.9 Å². The number of hydrogen-bond acceptors (Lipinski definition) is 3. The van der Waals surface area contributed by atoms with E-state index in [1.807, 2.05) is 13.8 Å². The summed E-state index contributed by atoms with van der Waals surface area (Å²) in [7, 11) is 0. The van der Waals surface area contributed by atoms with Gasteiger partial charge < -0.3 is 10.1 Å². The molecule has 0 aliphatic rings. The van der Waals surface area contributed by atoms with Crippen molar-refractivity contribution in [2.75, 3.05) is 11.9 Å². The van der Waals surface area contributed by atoms with Crippen LogP contribution < -0.4 is 10.1 Å². The first-order chi connectivity index (χ1) is 9.97. The summed E-state index contributed by atoms with van der Waals surface area (Å²) in [6.45, 7) is 4.03. The number of hydrogen-bond donors (Lipinski definition) is 2. The molecule has 1 aromatic carbocycles. The smallest absolute Gasteiger partial charge is 0.229 e. The van der Waals surface area contributed by atoms with Crippen LogP contribution >= 0.6 is 23.2 Å². The zero-order valence-electron chi connectivity index (χ0n) is 11.7. The monoisotopic (exact) mass is 327 g/mol. The number of carbonyl (C=O) groups is 1. The second kappa shape index (κ2) is 6.83. The molecule has 0 unspecified atom stereocenters. The summed E-state index contributed by atoms with van der Waals surface area (Å²) in [5.41, 5.74) is 1.85. The van der Waals surface area contributed by atoms with Crippen LogP contribution in [-0.4, -0.2) is 22.7 Å². The zero-order chi connectivity index (χ0) is 15.4. The molecule has 0 fully saturated rings. The number of amides is 1. The highest BCUT2D eigenvalue weighted by Gasteiger charge is 2.09. The lowest BCUT2D eigenvalue weighted by molar-refractivity contribution is -0.116. The molecule has 112 valence electrons. The van der Waals surface area contributed by atoms with Gasteiger partial charge in [-0.15, -0.1) is 0 Å². The van der Waals surface area contributed by atoms with Gasteiger partial charge in [0.15, 0.2) is 5.82 Å². The molecule has 2 rings (SSSR count). The SMILES string of the molecule is Cc1[nH]nc(NC(=O)CCOc2ccc(Cl)c(Cl)c2)c1C. The molecule has 0 radical (unpaired) electrons. The molecule has 5 nitrogen and oxygen atoms in total. The van der Waals surface area contributed by atoms with Gasteiger partial charge in [0, 0.05) is 17.3 Å². The predicted molar refractivity (Wildman–Crippen MR) is 83.3 cm³/mol. The molecular formula is C14H15Cl2N3O2. The quantitative estimate of drug-likeness (QED) is 0.878. The Morgan fingerprint density at radius 3 is 2.71 bits per heavy atom. The van der Waals surface area contributed by atoms with Crippen molar-refractivity contribution in [2.24, 2.45) is 0 Å². The molecule has 0 aliphatic heterocycles. The summed E-state index contributed by atoms with van der Waals surface area (Å²) in [6, 6.07) is 4.96. The normalized spacial score (nSPS) is 10.5. The molecule has 1 amide bonds. The van der Waals surface area contributed by atoms with Crippen molar-refractivity contribution in [1.82, 2.24) is 10.2 Å². The topological polar surface area (TPSA) is 67.0 Å². The van der Waals surface area contributed by atoms with Crippen molar-refractivity contribution in [3.05, 3.63) is 39.5 Å². The Hall–Kier alpha value is -1.72. The van der Waals surface area contributed by atoms with Crippen LogP contribution in [0.3, 0.4) is 0 Å². The van der Waals surface area contributed by atoms with Gasteiger partial charge in [-0.2, -0.15) is 5.10 Å². The fourth-order valence-electron chi connectivity index (χ4n) is 1.63. The van der Waals surface area contributed by atoms with E-state index in [1.54, 1.807) is 18.2 Å². The van der Waals surface area contributed by atoms with Gasteiger partial charge >= 0.3 is 0 Å². The molecule has 0 atom stereocenters. The molecule has 1 heterocycles. The van der Waals surface area contributed by atoms with Gasteiger partial charge in [0.2, 0.25) is 5.91 Å². The molecule has 2 N–H and O–H groups in total. The summed E-state index contributed by atoms with van der Waals surface area (Å²) < 4.78 is 5.45. The van der Waals surface area contributed by atoms with Gasteiger partial charge in [0.05, 0.1) is 23.1 Å².